The number of rotatable bonds is 2. The van der Waals surface area contributed by atoms with Gasteiger partial charge in [0.15, 0.2) is 5.76 Å². The van der Waals surface area contributed by atoms with Crippen LogP contribution in [0.25, 0.3) is 11.0 Å². The van der Waals surface area contributed by atoms with Crippen molar-refractivity contribution in [3.8, 4) is 0 Å². The Morgan fingerprint density at radius 3 is 2.92 bits per heavy atom. The molecule has 0 aliphatic carbocycles. The molecular formula is C18H19N3O3. The molecular weight excluding hydrogens is 306 g/mol. The Balaban J connectivity index is 1.71. The van der Waals surface area contributed by atoms with E-state index in [0.29, 0.717) is 25.5 Å². The molecule has 6 nitrogen and oxygen atoms in total. The van der Waals surface area contributed by atoms with E-state index in [1.54, 1.807) is 11.1 Å². The predicted octanol–water partition coefficient (Wildman–Crippen LogP) is 2.99. The van der Waals surface area contributed by atoms with Gasteiger partial charge in [-0.15, -0.1) is 0 Å². The summed E-state index contributed by atoms with van der Waals surface area (Å²) in [6.45, 7) is 5.32. The molecule has 0 spiro atoms. The van der Waals surface area contributed by atoms with Gasteiger partial charge in [0.05, 0.1) is 13.2 Å². The molecule has 3 heterocycles. The second kappa shape index (κ2) is 5.79. The number of hydrogen-bond acceptors (Lipinski definition) is 4. The fraction of sp³-hybridized carbons (Fsp3) is 0.333. The lowest BCUT2D eigenvalue weighted by molar-refractivity contribution is -0.00648. The molecule has 1 aliphatic rings. The number of H-pyrrole nitrogens is 1. The molecule has 1 amide bonds. The quantitative estimate of drug-likeness (QED) is 0.786. The summed E-state index contributed by atoms with van der Waals surface area (Å²) in [5.74, 6) is 1.02. The van der Waals surface area contributed by atoms with Crippen molar-refractivity contribution in [1.29, 1.82) is 0 Å². The van der Waals surface area contributed by atoms with Crippen molar-refractivity contribution in [3.63, 3.8) is 0 Å². The highest BCUT2D eigenvalue weighted by atomic mass is 16.5. The number of morpholine rings is 1. The average molecular weight is 325 g/mol. The Bertz CT molecular complexity index is 896. The number of nitrogens with one attached hydrogen (secondary N) is 1. The number of benzene rings is 1. The van der Waals surface area contributed by atoms with E-state index in [1.807, 2.05) is 38.1 Å². The first-order valence-electron chi connectivity index (χ1n) is 8.03. The lowest BCUT2D eigenvalue weighted by Gasteiger charge is -2.34. The Morgan fingerprint density at radius 1 is 1.33 bits per heavy atom. The number of furan rings is 1. The van der Waals surface area contributed by atoms with Crippen molar-refractivity contribution >= 4 is 16.9 Å². The van der Waals surface area contributed by atoms with Gasteiger partial charge in [0, 0.05) is 29.4 Å². The lowest BCUT2D eigenvalue weighted by atomic mass is 10.1. The van der Waals surface area contributed by atoms with Gasteiger partial charge in [0.2, 0.25) is 0 Å². The summed E-state index contributed by atoms with van der Waals surface area (Å²) in [6, 6.07) is 7.47. The van der Waals surface area contributed by atoms with Crippen molar-refractivity contribution in [1.82, 2.24) is 14.9 Å². The number of ether oxygens (including phenoxy) is 1. The molecule has 2 aromatic heterocycles. The first-order valence-corrected chi connectivity index (χ1v) is 8.03. The summed E-state index contributed by atoms with van der Waals surface area (Å²) in [4.78, 5) is 22.5. The summed E-state index contributed by atoms with van der Waals surface area (Å²) in [5, 5.41) is 0.972. The molecule has 1 N–H and O–H groups in total. The third-order valence-corrected chi connectivity index (χ3v) is 4.47. The van der Waals surface area contributed by atoms with Crippen molar-refractivity contribution in [2.45, 2.75) is 19.9 Å². The van der Waals surface area contributed by atoms with Crippen molar-refractivity contribution in [2.75, 3.05) is 19.8 Å². The Hall–Kier alpha value is -2.60. The van der Waals surface area contributed by atoms with Crippen LogP contribution in [0.5, 0.6) is 0 Å². The summed E-state index contributed by atoms with van der Waals surface area (Å²) < 4.78 is 11.4. The number of para-hydroxylation sites is 1. The molecule has 4 rings (SSSR count). The third-order valence-electron chi connectivity index (χ3n) is 4.47. The zero-order valence-electron chi connectivity index (χ0n) is 13.7. The maximum Gasteiger partial charge on any atom is 0.290 e. The van der Waals surface area contributed by atoms with E-state index in [2.05, 4.69) is 9.97 Å². The molecule has 0 saturated carbocycles. The van der Waals surface area contributed by atoms with Crippen molar-refractivity contribution in [2.24, 2.45) is 0 Å². The number of aromatic amines is 1. The van der Waals surface area contributed by atoms with Crippen LogP contribution in [0.3, 0.4) is 0 Å². The molecule has 1 saturated heterocycles. The van der Waals surface area contributed by atoms with Crippen LogP contribution in [0.1, 0.15) is 33.7 Å². The number of nitrogens with zero attached hydrogens (tertiary/aromatic N) is 2. The highest BCUT2D eigenvalue weighted by Crippen LogP contribution is 2.29. The molecule has 1 fully saturated rings. The number of fused-ring (bicyclic) bond motifs is 1. The van der Waals surface area contributed by atoms with E-state index in [-0.39, 0.29) is 11.9 Å². The minimum Gasteiger partial charge on any atom is -0.451 e. The standard InChI is InChI=1S/C18H19N3O3/c1-11-9-19-17(20-11)14-10-23-8-7-21(14)18(22)16-12(2)13-5-3-4-6-15(13)24-16/h3-6,9,14H,7-8,10H2,1-2H3,(H,19,20)/t14-/m0/s1. The van der Waals surface area contributed by atoms with Crippen LogP contribution in [0, 0.1) is 13.8 Å². The van der Waals surface area contributed by atoms with Crippen molar-refractivity contribution < 1.29 is 13.9 Å². The predicted molar refractivity (Wildman–Crippen MR) is 88.9 cm³/mol. The zero-order valence-corrected chi connectivity index (χ0v) is 13.7. The number of imidazole rings is 1. The SMILES string of the molecule is Cc1cnc([C@@H]2COCCN2C(=O)c2oc3ccccc3c2C)[nH]1. The van der Waals surface area contributed by atoms with Crippen LogP contribution in [0.15, 0.2) is 34.9 Å². The van der Waals surface area contributed by atoms with Gasteiger partial charge in [0.25, 0.3) is 5.91 Å². The van der Waals surface area contributed by atoms with E-state index in [4.69, 9.17) is 9.15 Å². The van der Waals surface area contributed by atoms with Crippen LogP contribution in [0.4, 0.5) is 0 Å². The Labute approximate surface area is 139 Å². The normalized spacial score (nSPS) is 18.2. The van der Waals surface area contributed by atoms with E-state index in [0.717, 1.165) is 28.1 Å². The second-order valence-corrected chi connectivity index (χ2v) is 6.09. The molecule has 1 aromatic carbocycles. The summed E-state index contributed by atoms with van der Waals surface area (Å²) in [7, 11) is 0. The van der Waals surface area contributed by atoms with Gasteiger partial charge < -0.3 is 19.0 Å². The molecule has 6 heteroatoms. The van der Waals surface area contributed by atoms with Crippen LogP contribution in [-0.2, 0) is 4.74 Å². The largest absolute Gasteiger partial charge is 0.451 e. The minimum absolute atomic E-state index is 0.119. The lowest BCUT2D eigenvalue weighted by Crippen LogP contribution is -2.44. The molecule has 24 heavy (non-hydrogen) atoms. The highest BCUT2D eigenvalue weighted by molar-refractivity contribution is 5.99. The van der Waals surface area contributed by atoms with Gasteiger partial charge >= 0.3 is 0 Å². The maximum absolute atomic E-state index is 13.1. The number of amides is 1. The minimum atomic E-state index is -0.229. The molecule has 0 bridgehead atoms. The number of carbonyl (C=O) groups excluding carboxylic acids is 1. The fourth-order valence-corrected chi connectivity index (χ4v) is 3.18. The van der Waals surface area contributed by atoms with Crippen LogP contribution >= 0.6 is 0 Å². The Morgan fingerprint density at radius 2 is 2.17 bits per heavy atom. The van der Waals surface area contributed by atoms with E-state index in [1.165, 1.54) is 0 Å². The van der Waals surface area contributed by atoms with E-state index >= 15 is 0 Å². The van der Waals surface area contributed by atoms with Gasteiger partial charge in [0.1, 0.15) is 17.4 Å². The Kier molecular flexibility index (Phi) is 3.61. The van der Waals surface area contributed by atoms with Gasteiger partial charge in [-0.25, -0.2) is 4.98 Å². The average Bonchev–Trinajstić information content (AvgIpc) is 3.18. The number of carbonyl (C=O) groups is 1. The van der Waals surface area contributed by atoms with Crippen LogP contribution in [0.2, 0.25) is 0 Å². The molecule has 124 valence electrons. The van der Waals surface area contributed by atoms with Crippen LogP contribution < -0.4 is 0 Å². The van der Waals surface area contributed by atoms with Gasteiger partial charge in [-0.2, -0.15) is 0 Å². The molecule has 1 aliphatic heterocycles. The summed E-state index contributed by atoms with van der Waals surface area (Å²) in [5.41, 5.74) is 2.57. The van der Waals surface area contributed by atoms with Gasteiger partial charge in [-0.1, -0.05) is 18.2 Å². The molecule has 0 radical (unpaired) electrons. The summed E-state index contributed by atoms with van der Waals surface area (Å²) in [6.07, 6.45) is 1.76. The second-order valence-electron chi connectivity index (χ2n) is 6.09. The monoisotopic (exact) mass is 325 g/mol. The van der Waals surface area contributed by atoms with Gasteiger partial charge in [-0.3, -0.25) is 4.79 Å². The fourth-order valence-electron chi connectivity index (χ4n) is 3.18. The van der Waals surface area contributed by atoms with E-state index in [9.17, 15) is 4.79 Å². The third kappa shape index (κ3) is 2.39. The maximum atomic E-state index is 13.1. The number of hydrogen-bond donors (Lipinski definition) is 1. The van der Waals surface area contributed by atoms with Crippen molar-refractivity contribution in [3.05, 3.63) is 53.3 Å². The topological polar surface area (TPSA) is 71.4 Å². The first kappa shape index (κ1) is 15.0. The van der Waals surface area contributed by atoms with Crippen LogP contribution in [-0.4, -0.2) is 40.5 Å². The number of aromatic nitrogens is 2. The molecule has 0 unspecified atom stereocenters. The molecule has 1 atom stereocenters. The first-order chi connectivity index (χ1) is 11.6. The van der Waals surface area contributed by atoms with E-state index < -0.39 is 0 Å². The zero-order chi connectivity index (χ0) is 16.7. The smallest absolute Gasteiger partial charge is 0.290 e. The number of aryl methyl sites for hydroxylation is 2. The molecule has 3 aromatic rings. The van der Waals surface area contributed by atoms with Gasteiger partial charge in [-0.05, 0) is 19.9 Å². The summed E-state index contributed by atoms with van der Waals surface area (Å²) >= 11 is 0. The highest BCUT2D eigenvalue weighted by Gasteiger charge is 2.33.